The molecule has 2 heterocycles. The van der Waals surface area contributed by atoms with Gasteiger partial charge in [0.05, 0.1) is 6.04 Å². The van der Waals surface area contributed by atoms with Gasteiger partial charge in [0.1, 0.15) is 11.6 Å². The van der Waals surface area contributed by atoms with Gasteiger partial charge >= 0.3 is 6.18 Å². The summed E-state index contributed by atoms with van der Waals surface area (Å²) in [4.78, 5) is 27.1. The Morgan fingerprint density at radius 3 is 2.74 bits per heavy atom. The molecule has 0 saturated heterocycles. The maximum Gasteiger partial charge on any atom is 0.434 e. The zero-order chi connectivity index (χ0) is 17.0. The van der Waals surface area contributed by atoms with E-state index >= 15 is 0 Å². The topological polar surface area (TPSA) is 64.0 Å². The smallest absolute Gasteiger partial charge is 0.345 e. The van der Waals surface area contributed by atoms with Crippen LogP contribution < -0.4 is 10.9 Å². The lowest BCUT2D eigenvalue weighted by molar-refractivity contribution is -0.140. The van der Waals surface area contributed by atoms with Crippen molar-refractivity contribution in [3.05, 3.63) is 50.8 Å². The number of amides is 1. The normalized spacial score (nSPS) is 12.9. The van der Waals surface area contributed by atoms with Crippen molar-refractivity contribution in [2.45, 2.75) is 32.1 Å². The van der Waals surface area contributed by atoms with E-state index in [0.29, 0.717) is 6.42 Å². The van der Waals surface area contributed by atoms with Gasteiger partial charge in [-0.3, -0.25) is 9.59 Å². The van der Waals surface area contributed by atoms with Gasteiger partial charge in [0.25, 0.3) is 5.56 Å². The van der Waals surface area contributed by atoms with Crippen LogP contribution in [0.2, 0.25) is 0 Å². The maximum atomic E-state index is 12.6. The molecule has 0 saturated carbocycles. The second kappa shape index (κ2) is 6.95. The van der Waals surface area contributed by atoms with Crippen LogP contribution in [-0.2, 0) is 17.5 Å². The highest BCUT2D eigenvalue weighted by Crippen LogP contribution is 2.32. The number of hydrogen-bond donors (Lipinski definition) is 1. The minimum Gasteiger partial charge on any atom is -0.345 e. The van der Waals surface area contributed by atoms with Crippen LogP contribution in [0.3, 0.4) is 0 Å². The molecular weight excluding hydrogens is 331 g/mol. The van der Waals surface area contributed by atoms with Crippen molar-refractivity contribution in [3.63, 3.8) is 0 Å². The Labute approximate surface area is 133 Å². The lowest BCUT2D eigenvalue weighted by atomic mass is 10.2. The van der Waals surface area contributed by atoms with Crippen molar-refractivity contribution in [2.75, 3.05) is 0 Å². The van der Waals surface area contributed by atoms with Crippen molar-refractivity contribution < 1.29 is 18.0 Å². The number of pyridine rings is 1. The first-order valence-electron chi connectivity index (χ1n) is 6.78. The summed E-state index contributed by atoms with van der Waals surface area (Å²) in [5, 5.41) is 3.72. The van der Waals surface area contributed by atoms with Gasteiger partial charge < -0.3 is 9.88 Å². The molecule has 1 N–H and O–H groups in total. The number of nitrogens with zero attached hydrogens (tertiary/aromatic N) is 2. The Kier molecular flexibility index (Phi) is 5.19. The van der Waals surface area contributed by atoms with Crippen LogP contribution >= 0.6 is 11.3 Å². The first-order valence-corrected chi connectivity index (χ1v) is 7.66. The van der Waals surface area contributed by atoms with Gasteiger partial charge in [-0.1, -0.05) is 13.0 Å². The summed E-state index contributed by atoms with van der Waals surface area (Å²) in [6.07, 6.45) is -2.65. The second-order valence-electron chi connectivity index (χ2n) is 4.76. The molecule has 23 heavy (non-hydrogen) atoms. The van der Waals surface area contributed by atoms with E-state index in [2.05, 4.69) is 10.3 Å². The molecule has 0 bridgehead atoms. The van der Waals surface area contributed by atoms with E-state index in [1.54, 1.807) is 19.1 Å². The molecule has 2 aromatic rings. The molecule has 0 aliphatic carbocycles. The van der Waals surface area contributed by atoms with Gasteiger partial charge in [-0.25, -0.2) is 4.98 Å². The number of rotatable bonds is 5. The van der Waals surface area contributed by atoms with Crippen molar-refractivity contribution >= 4 is 17.2 Å². The van der Waals surface area contributed by atoms with E-state index in [0.717, 1.165) is 16.7 Å². The zero-order valence-corrected chi connectivity index (χ0v) is 12.9. The number of carbonyl (C=O) groups is 1. The maximum absolute atomic E-state index is 12.6. The fourth-order valence-electron chi connectivity index (χ4n) is 1.90. The number of halogens is 3. The van der Waals surface area contributed by atoms with Gasteiger partial charge in [0.2, 0.25) is 5.91 Å². The molecule has 9 heteroatoms. The van der Waals surface area contributed by atoms with Crippen molar-refractivity contribution in [3.8, 4) is 0 Å². The highest BCUT2D eigenvalue weighted by atomic mass is 32.1. The van der Waals surface area contributed by atoms with E-state index in [4.69, 9.17) is 0 Å². The van der Waals surface area contributed by atoms with Crippen LogP contribution in [0, 0.1) is 0 Å². The predicted molar refractivity (Wildman–Crippen MR) is 79.0 cm³/mol. The molecule has 2 rings (SSSR count). The van der Waals surface area contributed by atoms with Crippen LogP contribution in [0.15, 0.2) is 34.6 Å². The van der Waals surface area contributed by atoms with E-state index in [9.17, 15) is 22.8 Å². The number of thiazole rings is 1. The Morgan fingerprint density at radius 1 is 1.43 bits per heavy atom. The molecule has 0 aliphatic rings. The van der Waals surface area contributed by atoms with Crippen molar-refractivity contribution in [1.82, 2.24) is 14.9 Å². The standard InChI is InChI=1S/C14H14F3N3O2S/c1-2-9(13-19-10(8-23-13)14(15,16)17)18-11(21)7-20-6-4-3-5-12(20)22/h3-6,8-9H,2,7H2,1H3,(H,18,21)/t9-/m0/s1. The van der Waals surface area contributed by atoms with Crippen LogP contribution in [-0.4, -0.2) is 15.5 Å². The highest BCUT2D eigenvalue weighted by Gasteiger charge is 2.34. The summed E-state index contributed by atoms with van der Waals surface area (Å²) in [5.41, 5.74) is -1.30. The summed E-state index contributed by atoms with van der Waals surface area (Å²) in [5.74, 6) is -0.464. The van der Waals surface area contributed by atoms with Crippen molar-refractivity contribution in [2.24, 2.45) is 0 Å². The third kappa shape index (κ3) is 4.41. The molecule has 2 aromatic heterocycles. The third-order valence-electron chi connectivity index (χ3n) is 3.07. The van der Waals surface area contributed by atoms with Gasteiger partial charge in [-0.2, -0.15) is 13.2 Å². The number of hydrogen-bond acceptors (Lipinski definition) is 4. The lowest BCUT2D eigenvalue weighted by Gasteiger charge is -2.15. The average Bonchev–Trinajstić information content (AvgIpc) is 2.97. The minimum atomic E-state index is -4.51. The Hall–Kier alpha value is -2.16. The fraction of sp³-hybridized carbons (Fsp3) is 0.357. The lowest BCUT2D eigenvalue weighted by Crippen LogP contribution is -2.34. The van der Waals surface area contributed by atoms with E-state index < -0.39 is 23.8 Å². The van der Waals surface area contributed by atoms with Crippen LogP contribution in [0.4, 0.5) is 13.2 Å². The molecule has 5 nitrogen and oxygen atoms in total. The molecule has 0 spiro atoms. The van der Waals surface area contributed by atoms with Crippen LogP contribution in [0.1, 0.15) is 30.1 Å². The Bertz CT molecular complexity index is 739. The van der Waals surface area contributed by atoms with E-state index in [1.165, 1.54) is 16.8 Å². The number of carbonyl (C=O) groups excluding carboxylic acids is 1. The SMILES string of the molecule is CC[C@H](NC(=O)Cn1ccccc1=O)c1nc(C(F)(F)F)cs1. The molecule has 0 radical (unpaired) electrons. The van der Waals surface area contributed by atoms with E-state index in [-0.39, 0.29) is 17.1 Å². The van der Waals surface area contributed by atoms with Crippen LogP contribution in [0.5, 0.6) is 0 Å². The largest absolute Gasteiger partial charge is 0.434 e. The molecule has 0 fully saturated rings. The van der Waals surface area contributed by atoms with Gasteiger partial charge in [-0.05, 0) is 12.5 Å². The molecule has 0 aliphatic heterocycles. The minimum absolute atomic E-state index is 0.189. The summed E-state index contributed by atoms with van der Waals surface area (Å²) in [6.45, 7) is 1.53. The number of aromatic nitrogens is 2. The zero-order valence-electron chi connectivity index (χ0n) is 12.1. The average molecular weight is 345 g/mol. The van der Waals surface area contributed by atoms with Crippen molar-refractivity contribution in [1.29, 1.82) is 0 Å². The summed E-state index contributed by atoms with van der Waals surface area (Å²) >= 11 is 0.846. The number of alkyl halides is 3. The number of nitrogens with one attached hydrogen (secondary N) is 1. The fourth-order valence-corrected chi connectivity index (χ4v) is 2.86. The molecule has 1 atom stereocenters. The first kappa shape index (κ1) is 17.2. The van der Waals surface area contributed by atoms with E-state index in [1.807, 2.05) is 0 Å². The second-order valence-corrected chi connectivity index (χ2v) is 5.65. The summed E-state index contributed by atoms with van der Waals surface area (Å²) in [7, 11) is 0. The first-order chi connectivity index (χ1) is 10.8. The van der Waals surface area contributed by atoms with Gasteiger partial charge in [0.15, 0.2) is 5.69 Å². The monoisotopic (exact) mass is 345 g/mol. The van der Waals surface area contributed by atoms with Gasteiger partial charge in [-0.15, -0.1) is 11.3 Å². The Morgan fingerprint density at radius 2 is 2.17 bits per heavy atom. The van der Waals surface area contributed by atoms with Gasteiger partial charge in [0, 0.05) is 17.6 Å². The summed E-state index contributed by atoms with van der Waals surface area (Å²) < 4.78 is 39.0. The summed E-state index contributed by atoms with van der Waals surface area (Å²) in [6, 6.07) is 3.87. The molecular formula is C14H14F3N3O2S. The predicted octanol–water partition coefficient (Wildman–Crippen LogP) is 2.59. The molecule has 1 amide bonds. The molecule has 0 aromatic carbocycles. The highest BCUT2D eigenvalue weighted by molar-refractivity contribution is 7.09. The molecule has 0 unspecified atom stereocenters. The third-order valence-corrected chi connectivity index (χ3v) is 4.03. The Balaban J connectivity index is 2.07. The van der Waals surface area contributed by atoms with Crippen LogP contribution in [0.25, 0.3) is 0 Å². The quantitative estimate of drug-likeness (QED) is 0.906. The molecule has 124 valence electrons.